The molecule has 142 valence electrons. The van der Waals surface area contributed by atoms with Crippen molar-refractivity contribution in [3.63, 3.8) is 0 Å². The standard InChI is InChI=1S/C14H18O.C11H12O/c1-11(15)12-7-9-14(10-8-12)13-5-3-2-4-6-13;1-9-3-6-11(7-4-9)8-5-10(2)12/h7-10,13H,2-6H2,1H3;3-8H,1-2H3/b;8-5+. The van der Waals surface area contributed by atoms with Gasteiger partial charge in [0.05, 0.1) is 0 Å². The van der Waals surface area contributed by atoms with Gasteiger partial charge in [0, 0.05) is 5.56 Å². The predicted octanol–water partition coefficient (Wildman–Crippen LogP) is 6.53. The Balaban J connectivity index is 0.000000199. The van der Waals surface area contributed by atoms with Gasteiger partial charge in [0.2, 0.25) is 0 Å². The van der Waals surface area contributed by atoms with Gasteiger partial charge in [-0.05, 0) is 56.7 Å². The normalized spacial score (nSPS) is 14.5. The Kier molecular flexibility index (Phi) is 8.19. The third kappa shape index (κ3) is 7.34. The predicted molar refractivity (Wildman–Crippen MR) is 113 cm³/mol. The minimum atomic E-state index is 0.0792. The van der Waals surface area contributed by atoms with Crippen LogP contribution in [0.5, 0.6) is 0 Å². The Morgan fingerprint density at radius 3 is 1.96 bits per heavy atom. The van der Waals surface area contributed by atoms with Gasteiger partial charge in [-0.2, -0.15) is 0 Å². The van der Waals surface area contributed by atoms with Gasteiger partial charge >= 0.3 is 0 Å². The highest BCUT2D eigenvalue weighted by molar-refractivity contribution is 5.94. The summed E-state index contributed by atoms with van der Waals surface area (Å²) in [5, 5.41) is 0. The van der Waals surface area contributed by atoms with E-state index in [1.807, 2.05) is 49.4 Å². The zero-order valence-electron chi connectivity index (χ0n) is 16.7. The number of carbonyl (C=O) groups is 2. The summed E-state index contributed by atoms with van der Waals surface area (Å²) < 4.78 is 0. The van der Waals surface area contributed by atoms with Crippen molar-refractivity contribution in [2.24, 2.45) is 0 Å². The zero-order chi connectivity index (χ0) is 19.6. The fourth-order valence-corrected chi connectivity index (χ4v) is 3.32. The molecule has 0 N–H and O–H groups in total. The van der Waals surface area contributed by atoms with Crippen LogP contribution in [0.1, 0.15) is 78.9 Å². The van der Waals surface area contributed by atoms with Crippen molar-refractivity contribution in [3.05, 3.63) is 76.9 Å². The van der Waals surface area contributed by atoms with E-state index in [4.69, 9.17) is 0 Å². The second kappa shape index (κ2) is 10.6. The van der Waals surface area contributed by atoms with Crippen molar-refractivity contribution in [1.29, 1.82) is 0 Å². The van der Waals surface area contributed by atoms with E-state index in [0.717, 1.165) is 17.0 Å². The van der Waals surface area contributed by atoms with Crippen LogP contribution in [-0.2, 0) is 4.79 Å². The number of rotatable bonds is 4. The maximum absolute atomic E-state index is 11.1. The van der Waals surface area contributed by atoms with Gasteiger partial charge in [-0.25, -0.2) is 0 Å². The number of allylic oxidation sites excluding steroid dienone is 1. The first kappa shape index (κ1) is 20.8. The second-order valence-electron chi connectivity index (χ2n) is 7.37. The summed E-state index contributed by atoms with van der Waals surface area (Å²) in [4.78, 5) is 21.7. The van der Waals surface area contributed by atoms with Gasteiger partial charge in [-0.3, -0.25) is 9.59 Å². The first-order chi connectivity index (χ1) is 13.0. The monoisotopic (exact) mass is 362 g/mol. The summed E-state index contributed by atoms with van der Waals surface area (Å²) in [6, 6.07) is 16.2. The molecule has 0 aliphatic heterocycles. The molecule has 2 aromatic rings. The average molecular weight is 363 g/mol. The summed E-state index contributed by atoms with van der Waals surface area (Å²) in [5.74, 6) is 0.973. The molecule has 2 nitrogen and oxygen atoms in total. The van der Waals surface area contributed by atoms with E-state index in [2.05, 4.69) is 12.1 Å². The molecular formula is C25H30O2. The number of hydrogen-bond donors (Lipinski definition) is 0. The molecular weight excluding hydrogens is 332 g/mol. The quantitative estimate of drug-likeness (QED) is 0.457. The Bertz CT molecular complexity index is 761. The van der Waals surface area contributed by atoms with E-state index in [9.17, 15) is 9.59 Å². The summed E-state index contributed by atoms with van der Waals surface area (Å²) >= 11 is 0. The summed E-state index contributed by atoms with van der Waals surface area (Å²) in [5.41, 5.74) is 4.54. The number of carbonyl (C=O) groups excluding carboxylic acids is 2. The van der Waals surface area contributed by atoms with Gasteiger partial charge < -0.3 is 0 Å². The highest BCUT2D eigenvalue weighted by atomic mass is 16.1. The first-order valence-corrected chi connectivity index (χ1v) is 9.82. The number of hydrogen-bond acceptors (Lipinski definition) is 2. The van der Waals surface area contributed by atoms with Crippen molar-refractivity contribution in [1.82, 2.24) is 0 Å². The van der Waals surface area contributed by atoms with E-state index < -0.39 is 0 Å². The van der Waals surface area contributed by atoms with Gasteiger partial charge in [-0.1, -0.05) is 79.4 Å². The topological polar surface area (TPSA) is 34.1 Å². The lowest BCUT2D eigenvalue weighted by atomic mass is 9.84. The fourth-order valence-electron chi connectivity index (χ4n) is 3.32. The van der Waals surface area contributed by atoms with E-state index in [0.29, 0.717) is 0 Å². The minimum Gasteiger partial charge on any atom is -0.295 e. The SMILES string of the molecule is CC(=O)/C=C/c1ccc(C)cc1.CC(=O)c1ccc(C2CCCCC2)cc1. The van der Waals surface area contributed by atoms with Crippen LogP contribution in [0.15, 0.2) is 54.6 Å². The molecule has 27 heavy (non-hydrogen) atoms. The highest BCUT2D eigenvalue weighted by Gasteiger charge is 2.15. The number of Topliss-reactive ketones (excluding diaryl/α,β-unsaturated/α-hetero) is 1. The lowest BCUT2D eigenvalue weighted by Crippen LogP contribution is -2.04. The molecule has 0 radical (unpaired) electrons. The molecule has 2 heteroatoms. The summed E-state index contributed by atoms with van der Waals surface area (Å²) in [6.07, 6.45) is 10.1. The molecule has 0 amide bonds. The average Bonchev–Trinajstić information content (AvgIpc) is 2.69. The second-order valence-corrected chi connectivity index (χ2v) is 7.37. The van der Waals surface area contributed by atoms with Crippen LogP contribution in [0, 0.1) is 6.92 Å². The van der Waals surface area contributed by atoms with Crippen molar-refractivity contribution in [3.8, 4) is 0 Å². The van der Waals surface area contributed by atoms with Crippen LogP contribution >= 0.6 is 0 Å². The molecule has 0 bridgehead atoms. The van der Waals surface area contributed by atoms with E-state index in [1.54, 1.807) is 19.9 Å². The third-order valence-electron chi connectivity index (χ3n) is 4.98. The molecule has 1 aliphatic carbocycles. The Morgan fingerprint density at radius 2 is 1.44 bits per heavy atom. The molecule has 0 atom stereocenters. The van der Waals surface area contributed by atoms with Gasteiger partial charge in [-0.15, -0.1) is 0 Å². The number of benzene rings is 2. The largest absolute Gasteiger partial charge is 0.295 e. The molecule has 0 unspecified atom stereocenters. The van der Waals surface area contributed by atoms with Crippen LogP contribution < -0.4 is 0 Å². The first-order valence-electron chi connectivity index (χ1n) is 9.82. The number of ketones is 2. The molecule has 0 heterocycles. The summed E-state index contributed by atoms with van der Waals surface area (Å²) in [6.45, 7) is 5.21. The molecule has 1 aliphatic rings. The maximum atomic E-state index is 11.1. The van der Waals surface area contributed by atoms with Crippen LogP contribution in [0.4, 0.5) is 0 Å². The molecule has 1 saturated carbocycles. The molecule has 0 aromatic heterocycles. The zero-order valence-corrected chi connectivity index (χ0v) is 16.7. The van der Waals surface area contributed by atoms with Crippen LogP contribution in [0.25, 0.3) is 6.08 Å². The van der Waals surface area contributed by atoms with Gasteiger partial charge in [0.15, 0.2) is 11.6 Å². The van der Waals surface area contributed by atoms with Gasteiger partial charge in [0.25, 0.3) is 0 Å². The van der Waals surface area contributed by atoms with E-state index in [1.165, 1.54) is 43.2 Å². The molecule has 3 rings (SSSR count). The Labute approximate surface area is 163 Å². The van der Waals surface area contributed by atoms with Crippen LogP contribution in [0.3, 0.4) is 0 Å². The maximum Gasteiger partial charge on any atom is 0.159 e. The van der Waals surface area contributed by atoms with Gasteiger partial charge in [0.1, 0.15) is 0 Å². The van der Waals surface area contributed by atoms with Crippen LogP contribution in [-0.4, -0.2) is 11.6 Å². The van der Waals surface area contributed by atoms with Crippen molar-refractivity contribution in [2.45, 2.75) is 58.8 Å². The van der Waals surface area contributed by atoms with Crippen molar-refractivity contribution < 1.29 is 9.59 Å². The smallest absolute Gasteiger partial charge is 0.159 e. The fraction of sp³-hybridized carbons (Fsp3) is 0.360. The number of aryl methyl sites for hydroxylation is 1. The Hall–Kier alpha value is -2.48. The van der Waals surface area contributed by atoms with E-state index in [-0.39, 0.29) is 11.6 Å². The molecule has 1 fully saturated rings. The molecule has 0 spiro atoms. The Morgan fingerprint density at radius 1 is 0.852 bits per heavy atom. The van der Waals surface area contributed by atoms with Crippen molar-refractivity contribution >= 4 is 17.6 Å². The van der Waals surface area contributed by atoms with Crippen LogP contribution in [0.2, 0.25) is 0 Å². The van der Waals surface area contributed by atoms with Crippen molar-refractivity contribution in [2.75, 3.05) is 0 Å². The lowest BCUT2D eigenvalue weighted by Gasteiger charge is -2.21. The summed E-state index contributed by atoms with van der Waals surface area (Å²) in [7, 11) is 0. The third-order valence-corrected chi connectivity index (χ3v) is 4.98. The molecule has 2 aromatic carbocycles. The molecule has 0 saturated heterocycles. The minimum absolute atomic E-state index is 0.0792. The lowest BCUT2D eigenvalue weighted by molar-refractivity contribution is -0.112. The highest BCUT2D eigenvalue weighted by Crippen LogP contribution is 2.32. The van der Waals surface area contributed by atoms with E-state index >= 15 is 0 Å².